The topological polar surface area (TPSA) is 110 Å². The predicted octanol–water partition coefficient (Wildman–Crippen LogP) is 2.40. The van der Waals surface area contributed by atoms with Gasteiger partial charge < -0.3 is 19.7 Å². The van der Waals surface area contributed by atoms with Crippen LogP contribution in [0.15, 0.2) is 0 Å². The van der Waals surface area contributed by atoms with Crippen LogP contribution in [0.3, 0.4) is 0 Å². The zero-order valence-electron chi connectivity index (χ0n) is 19.1. The van der Waals surface area contributed by atoms with Gasteiger partial charge in [0.15, 0.2) is 0 Å². The molecular formula is C24H36O7. The summed E-state index contributed by atoms with van der Waals surface area (Å²) in [4.78, 5) is 37.9. The number of ketones is 1. The van der Waals surface area contributed by atoms with E-state index in [2.05, 4.69) is 6.92 Å². The van der Waals surface area contributed by atoms with Gasteiger partial charge in [-0.05, 0) is 68.1 Å². The molecule has 0 bridgehead atoms. The van der Waals surface area contributed by atoms with E-state index >= 15 is 0 Å². The largest absolute Gasteiger partial charge is 0.466 e. The maximum atomic E-state index is 13.7. The van der Waals surface area contributed by atoms with E-state index in [-0.39, 0.29) is 47.9 Å². The average molecular weight is 437 g/mol. The fourth-order valence-corrected chi connectivity index (χ4v) is 8.13. The van der Waals surface area contributed by atoms with Crippen LogP contribution in [0.1, 0.15) is 72.1 Å². The van der Waals surface area contributed by atoms with Gasteiger partial charge in [-0.1, -0.05) is 13.8 Å². The first-order chi connectivity index (χ1) is 14.5. The van der Waals surface area contributed by atoms with E-state index in [0.29, 0.717) is 12.3 Å². The molecule has 0 amide bonds. The smallest absolute Gasteiger partial charge is 0.350 e. The molecule has 4 fully saturated rings. The first kappa shape index (κ1) is 22.7. The van der Waals surface area contributed by atoms with Gasteiger partial charge in [-0.25, -0.2) is 4.79 Å². The van der Waals surface area contributed by atoms with E-state index in [9.17, 15) is 24.6 Å². The SMILES string of the molecule is COC(=O)C(OC(C)=O)C1(O)CCC2C3CCC4CC(O)CCC4(C)C3C(=O)CC21C. The highest BCUT2D eigenvalue weighted by molar-refractivity contribution is 5.85. The molecular weight excluding hydrogens is 400 g/mol. The van der Waals surface area contributed by atoms with Crippen LogP contribution in [0.5, 0.6) is 0 Å². The third kappa shape index (κ3) is 3.17. The van der Waals surface area contributed by atoms with E-state index in [0.717, 1.165) is 32.1 Å². The fraction of sp³-hybridized carbons (Fsp3) is 0.875. The van der Waals surface area contributed by atoms with Gasteiger partial charge in [0, 0.05) is 24.7 Å². The highest BCUT2D eigenvalue weighted by Gasteiger charge is 2.70. The normalized spacial score (nSPS) is 47.5. The lowest BCUT2D eigenvalue weighted by Crippen LogP contribution is -2.64. The second kappa shape index (κ2) is 7.55. The highest BCUT2D eigenvalue weighted by Crippen LogP contribution is 2.68. The molecule has 9 atom stereocenters. The van der Waals surface area contributed by atoms with Crippen LogP contribution in [0.25, 0.3) is 0 Å². The van der Waals surface area contributed by atoms with E-state index < -0.39 is 29.1 Å². The number of carbonyl (C=O) groups excluding carboxylic acids is 3. The average Bonchev–Trinajstić information content (AvgIpc) is 2.97. The van der Waals surface area contributed by atoms with Crippen molar-refractivity contribution in [1.29, 1.82) is 0 Å². The number of carbonyl (C=O) groups is 3. The summed E-state index contributed by atoms with van der Waals surface area (Å²) in [5.41, 5.74) is -2.63. The van der Waals surface area contributed by atoms with Gasteiger partial charge in [-0.2, -0.15) is 0 Å². The molecule has 0 heterocycles. The molecule has 31 heavy (non-hydrogen) atoms. The van der Waals surface area contributed by atoms with Crippen LogP contribution in [-0.2, 0) is 23.9 Å². The molecule has 7 nitrogen and oxygen atoms in total. The van der Waals surface area contributed by atoms with Gasteiger partial charge in [-0.15, -0.1) is 0 Å². The third-order valence-electron chi connectivity index (χ3n) is 9.67. The molecule has 0 aromatic rings. The lowest BCUT2D eigenvalue weighted by Gasteiger charge is -2.60. The number of fused-ring (bicyclic) bond motifs is 5. The monoisotopic (exact) mass is 436 g/mol. The molecule has 0 aromatic carbocycles. The maximum Gasteiger partial charge on any atom is 0.350 e. The number of aliphatic hydroxyl groups is 2. The third-order valence-corrected chi connectivity index (χ3v) is 9.67. The molecule has 0 aromatic heterocycles. The van der Waals surface area contributed by atoms with Crippen molar-refractivity contribution < 1.29 is 34.1 Å². The summed E-state index contributed by atoms with van der Waals surface area (Å²) < 4.78 is 10.2. The first-order valence-corrected chi connectivity index (χ1v) is 11.7. The van der Waals surface area contributed by atoms with Crippen molar-refractivity contribution in [3.8, 4) is 0 Å². The number of hydrogen-bond donors (Lipinski definition) is 2. The Balaban J connectivity index is 1.69. The molecule has 0 aliphatic heterocycles. The molecule has 4 saturated carbocycles. The molecule has 0 radical (unpaired) electrons. The maximum absolute atomic E-state index is 13.7. The second-order valence-corrected chi connectivity index (χ2v) is 11.0. The number of ether oxygens (including phenoxy) is 2. The first-order valence-electron chi connectivity index (χ1n) is 11.7. The van der Waals surface area contributed by atoms with Gasteiger partial charge in [0.25, 0.3) is 0 Å². The van der Waals surface area contributed by atoms with Crippen molar-refractivity contribution in [2.24, 2.45) is 34.5 Å². The molecule has 7 heteroatoms. The number of Topliss-reactive ketones (excluding diaryl/α,β-unsaturated/α-hetero) is 1. The van der Waals surface area contributed by atoms with Gasteiger partial charge >= 0.3 is 11.9 Å². The zero-order chi connectivity index (χ0) is 22.8. The van der Waals surface area contributed by atoms with Crippen LogP contribution < -0.4 is 0 Å². The van der Waals surface area contributed by atoms with Crippen LogP contribution in [-0.4, -0.2) is 52.9 Å². The fourth-order valence-electron chi connectivity index (χ4n) is 8.13. The molecule has 9 unspecified atom stereocenters. The molecule has 174 valence electrons. The van der Waals surface area contributed by atoms with E-state index in [1.807, 2.05) is 6.92 Å². The highest BCUT2D eigenvalue weighted by atomic mass is 16.6. The molecule has 0 spiro atoms. The lowest BCUT2D eigenvalue weighted by atomic mass is 9.44. The Morgan fingerprint density at radius 1 is 1.13 bits per heavy atom. The van der Waals surface area contributed by atoms with Crippen molar-refractivity contribution in [3.05, 3.63) is 0 Å². The Hall–Kier alpha value is -1.47. The minimum atomic E-state index is -1.64. The minimum absolute atomic E-state index is 0.0625. The Morgan fingerprint density at radius 3 is 2.48 bits per heavy atom. The van der Waals surface area contributed by atoms with Gasteiger partial charge in [0.05, 0.1) is 13.2 Å². The summed E-state index contributed by atoms with van der Waals surface area (Å²) in [6, 6.07) is 0. The predicted molar refractivity (Wildman–Crippen MR) is 111 cm³/mol. The van der Waals surface area contributed by atoms with Crippen molar-refractivity contribution in [3.63, 3.8) is 0 Å². The Kier molecular flexibility index (Phi) is 5.53. The summed E-state index contributed by atoms with van der Waals surface area (Å²) in [6.45, 7) is 5.31. The van der Waals surface area contributed by atoms with Crippen LogP contribution in [0.4, 0.5) is 0 Å². The summed E-state index contributed by atoms with van der Waals surface area (Å²) in [6.07, 6.45) is 3.60. The van der Waals surface area contributed by atoms with Crippen LogP contribution in [0, 0.1) is 34.5 Å². The number of methoxy groups -OCH3 is 1. The minimum Gasteiger partial charge on any atom is -0.466 e. The number of esters is 2. The summed E-state index contributed by atoms with van der Waals surface area (Å²) in [7, 11) is 1.21. The van der Waals surface area contributed by atoms with Gasteiger partial charge in [0.2, 0.25) is 6.10 Å². The van der Waals surface area contributed by atoms with E-state index in [1.54, 1.807) is 0 Å². The second-order valence-electron chi connectivity index (χ2n) is 11.0. The standard InChI is InChI=1S/C24H36O7/c1-13(25)31-20(21(28)30-4)24(29)10-8-17-16-6-5-14-11-15(26)7-9-22(14,2)19(16)18(27)12-23(17,24)3/h14-17,19-20,26,29H,5-12H2,1-4H3. The number of aliphatic hydroxyl groups excluding tert-OH is 1. The number of rotatable bonds is 3. The summed E-state index contributed by atoms with van der Waals surface area (Å²) >= 11 is 0. The van der Waals surface area contributed by atoms with Gasteiger partial charge in [0.1, 0.15) is 11.4 Å². The number of hydrogen-bond acceptors (Lipinski definition) is 7. The van der Waals surface area contributed by atoms with Crippen molar-refractivity contribution in [1.82, 2.24) is 0 Å². The summed E-state index contributed by atoms with van der Waals surface area (Å²) in [5.74, 6) is -0.853. The molecule has 4 rings (SSSR count). The Bertz CT molecular complexity index is 780. The quantitative estimate of drug-likeness (QED) is 0.654. The summed E-state index contributed by atoms with van der Waals surface area (Å²) in [5, 5.41) is 22.0. The lowest BCUT2D eigenvalue weighted by molar-refractivity contribution is -0.212. The van der Waals surface area contributed by atoms with Gasteiger partial charge in [-0.3, -0.25) is 9.59 Å². The van der Waals surface area contributed by atoms with Crippen molar-refractivity contribution in [2.45, 2.75) is 89.9 Å². The molecule has 0 saturated heterocycles. The Labute approximate surface area is 183 Å². The van der Waals surface area contributed by atoms with Crippen LogP contribution in [0.2, 0.25) is 0 Å². The molecule has 4 aliphatic carbocycles. The zero-order valence-corrected chi connectivity index (χ0v) is 19.1. The van der Waals surface area contributed by atoms with Crippen molar-refractivity contribution >= 4 is 17.7 Å². The molecule has 4 aliphatic rings. The van der Waals surface area contributed by atoms with E-state index in [4.69, 9.17) is 9.47 Å². The van der Waals surface area contributed by atoms with E-state index in [1.165, 1.54) is 14.0 Å². The Morgan fingerprint density at radius 2 is 1.84 bits per heavy atom. The van der Waals surface area contributed by atoms with Crippen LogP contribution >= 0.6 is 0 Å². The molecule has 2 N–H and O–H groups in total. The van der Waals surface area contributed by atoms with Crippen molar-refractivity contribution in [2.75, 3.05) is 7.11 Å².